The quantitative estimate of drug-likeness (QED) is 0.768. The number of halogens is 2. The number of carbonyl (C=O) groups excluding carboxylic acids is 1. The monoisotopic (exact) mass is 403 g/mol. The predicted octanol–water partition coefficient (Wildman–Crippen LogP) is 3.27. The van der Waals surface area contributed by atoms with Crippen LogP contribution in [0.15, 0.2) is 41.3 Å². The van der Waals surface area contributed by atoms with Gasteiger partial charge in [0.15, 0.2) is 21.4 Å². The molecule has 0 bridgehead atoms. The van der Waals surface area contributed by atoms with E-state index in [1.807, 2.05) is 6.07 Å². The third kappa shape index (κ3) is 2.46. The van der Waals surface area contributed by atoms with E-state index in [2.05, 4.69) is 0 Å². The van der Waals surface area contributed by atoms with Crippen molar-refractivity contribution in [3.05, 3.63) is 59.2 Å². The lowest BCUT2D eigenvalue weighted by Crippen LogP contribution is -2.52. The van der Waals surface area contributed by atoms with E-state index in [1.165, 1.54) is 24.3 Å². The van der Waals surface area contributed by atoms with Crippen molar-refractivity contribution in [2.45, 2.75) is 28.9 Å². The molecule has 2 aliphatic rings. The van der Waals surface area contributed by atoms with Gasteiger partial charge in [-0.3, -0.25) is 4.79 Å². The van der Waals surface area contributed by atoms with E-state index in [1.54, 1.807) is 0 Å². The average Bonchev–Trinajstić information content (AvgIpc) is 2.70. The second-order valence-electron chi connectivity index (χ2n) is 7.01. The fourth-order valence-electron chi connectivity index (χ4n) is 4.25. The standard InChI is InChI=1S/C20H15F2NO4S/c21-16-5-6-17(22)19-18(16)20(8-7-14(24)9-13(20)11-27-19)28(25,26)15-3-1-12(10-23)2-4-15/h1-6,13H,7-9,11H2/t13-,20+/m1/s1. The van der Waals surface area contributed by atoms with Gasteiger partial charge in [0.25, 0.3) is 0 Å². The Morgan fingerprint density at radius 2 is 1.79 bits per heavy atom. The Bertz CT molecular complexity index is 1120. The Morgan fingerprint density at radius 3 is 2.46 bits per heavy atom. The van der Waals surface area contributed by atoms with Crippen LogP contribution < -0.4 is 4.74 Å². The van der Waals surface area contributed by atoms with E-state index < -0.39 is 37.9 Å². The van der Waals surface area contributed by atoms with Gasteiger partial charge in [0, 0.05) is 18.8 Å². The first-order chi connectivity index (χ1) is 13.3. The van der Waals surface area contributed by atoms with Crippen LogP contribution in [0.25, 0.3) is 0 Å². The zero-order valence-electron chi connectivity index (χ0n) is 14.6. The van der Waals surface area contributed by atoms with E-state index in [0.29, 0.717) is 0 Å². The van der Waals surface area contributed by atoms with Crippen LogP contribution in [-0.2, 0) is 19.4 Å². The maximum atomic E-state index is 14.9. The predicted molar refractivity (Wildman–Crippen MR) is 94.2 cm³/mol. The van der Waals surface area contributed by atoms with Gasteiger partial charge >= 0.3 is 0 Å². The number of sulfone groups is 1. The number of nitriles is 1. The molecule has 0 aromatic heterocycles. The third-order valence-corrected chi connectivity index (χ3v) is 8.19. The summed E-state index contributed by atoms with van der Waals surface area (Å²) in [6.07, 6.45) is -0.304. The minimum absolute atomic E-state index is 0.0542. The molecule has 5 nitrogen and oxygen atoms in total. The number of Topliss-reactive ketones (excluding diaryl/α,β-unsaturated/α-hetero) is 1. The Labute approximate surface area is 160 Å². The van der Waals surface area contributed by atoms with E-state index in [4.69, 9.17) is 10.00 Å². The van der Waals surface area contributed by atoms with E-state index in [0.717, 1.165) is 12.1 Å². The van der Waals surface area contributed by atoms with E-state index in [9.17, 15) is 22.0 Å². The summed E-state index contributed by atoms with van der Waals surface area (Å²) in [6.45, 7) is -0.200. The molecule has 1 saturated carbocycles. The molecule has 1 heterocycles. The molecular weight excluding hydrogens is 388 g/mol. The van der Waals surface area contributed by atoms with Crippen LogP contribution in [0.1, 0.15) is 30.4 Å². The van der Waals surface area contributed by atoms with Crippen molar-refractivity contribution in [3.8, 4) is 11.8 Å². The molecule has 0 radical (unpaired) electrons. The number of carbonyl (C=O) groups is 1. The van der Waals surface area contributed by atoms with Gasteiger partial charge in [-0.1, -0.05) is 0 Å². The van der Waals surface area contributed by atoms with Crippen molar-refractivity contribution in [1.82, 2.24) is 0 Å². The number of ketones is 1. The third-order valence-electron chi connectivity index (χ3n) is 5.59. The molecule has 28 heavy (non-hydrogen) atoms. The Hall–Kier alpha value is -2.79. The Kier molecular flexibility index (Phi) is 4.23. The fourth-order valence-corrected chi connectivity index (χ4v) is 6.59. The number of nitrogens with zero attached hydrogens (tertiary/aromatic N) is 1. The van der Waals surface area contributed by atoms with Gasteiger partial charge in [-0.25, -0.2) is 17.2 Å². The van der Waals surface area contributed by atoms with Crippen molar-refractivity contribution < 1.29 is 26.7 Å². The minimum atomic E-state index is -4.23. The Morgan fingerprint density at radius 1 is 1.11 bits per heavy atom. The molecule has 1 aliphatic heterocycles. The molecule has 144 valence electrons. The van der Waals surface area contributed by atoms with Gasteiger partial charge in [-0.2, -0.15) is 5.26 Å². The van der Waals surface area contributed by atoms with Crippen molar-refractivity contribution in [1.29, 1.82) is 5.26 Å². The van der Waals surface area contributed by atoms with Crippen molar-refractivity contribution in [2.24, 2.45) is 5.92 Å². The first kappa shape index (κ1) is 18.6. The topological polar surface area (TPSA) is 84.2 Å². The van der Waals surface area contributed by atoms with Crippen molar-refractivity contribution >= 4 is 15.6 Å². The minimum Gasteiger partial charge on any atom is -0.490 e. The highest BCUT2D eigenvalue weighted by Gasteiger charge is 2.59. The van der Waals surface area contributed by atoms with Crippen LogP contribution in [0.4, 0.5) is 8.78 Å². The maximum absolute atomic E-state index is 14.9. The van der Waals surface area contributed by atoms with Crippen molar-refractivity contribution in [3.63, 3.8) is 0 Å². The molecular formula is C20H15F2NO4S. The summed E-state index contributed by atoms with van der Waals surface area (Å²) in [6, 6.07) is 8.96. The number of benzene rings is 2. The smallest absolute Gasteiger partial charge is 0.188 e. The maximum Gasteiger partial charge on any atom is 0.188 e. The summed E-state index contributed by atoms with van der Waals surface area (Å²) in [5, 5.41) is 8.95. The molecule has 0 amide bonds. The summed E-state index contributed by atoms with van der Waals surface area (Å²) in [7, 11) is -4.23. The second kappa shape index (κ2) is 6.38. The van der Waals surface area contributed by atoms with Crippen LogP contribution in [0.2, 0.25) is 0 Å². The van der Waals surface area contributed by atoms with Gasteiger partial charge in [0.05, 0.1) is 28.7 Å². The van der Waals surface area contributed by atoms with E-state index in [-0.39, 0.29) is 47.7 Å². The van der Waals surface area contributed by atoms with Crippen LogP contribution in [0.3, 0.4) is 0 Å². The molecule has 2 atom stereocenters. The zero-order chi connectivity index (χ0) is 20.1. The molecule has 0 unspecified atom stereocenters. The van der Waals surface area contributed by atoms with Gasteiger partial charge in [0.2, 0.25) is 0 Å². The van der Waals surface area contributed by atoms with Gasteiger partial charge < -0.3 is 4.74 Å². The summed E-state index contributed by atoms with van der Waals surface area (Å²) in [5.74, 6) is -3.12. The van der Waals surface area contributed by atoms with Crippen LogP contribution in [0.5, 0.6) is 5.75 Å². The molecule has 0 N–H and O–H groups in total. The lowest BCUT2D eigenvalue weighted by Gasteiger charge is -2.46. The van der Waals surface area contributed by atoms with Crippen LogP contribution in [0, 0.1) is 28.9 Å². The highest BCUT2D eigenvalue weighted by atomic mass is 32.2. The second-order valence-corrected chi connectivity index (χ2v) is 9.22. The summed E-state index contributed by atoms with van der Waals surface area (Å²) >= 11 is 0. The molecule has 2 aromatic rings. The zero-order valence-corrected chi connectivity index (χ0v) is 15.4. The van der Waals surface area contributed by atoms with Gasteiger partial charge in [0.1, 0.15) is 16.3 Å². The SMILES string of the molecule is N#Cc1ccc(S(=O)(=O)[C@@]23CCC(=O)C[C@@H]2COc2c(F)ccc(F)c23)cc1. The highest BCUT2D eigenvalue weighted by Crippen LogP contribution is 2.55. The molecule has 4 rings (SSSR count). The number of hydrogen-bond acceptors (Lipinski definition) is 5. The molecule has 0 saturated heterocycles. The number of rotatable bonds is 2. The Balaban J connectivity index is 2.01. The number of ether oxygens (including phenoxy) is 1. The summed E-state index contributed by atoms with van der Waals surface area (Å²) in [4.78, 5) is 11.9. The van der Waals surface area contributed by atoms with Gasteiger partial charge in [-0.15, -0.1) is 0 Å². The molecule has 8 heteroatoms. The summed E-state index contributed by atoms with van der Waals surface area (Å²) < 4.78 is 60.3. The first-order valence-corrected chi connectivity index (χ1v) is 10.2. The van der Waals surface area contributed by atoms with Gasteiger partial charge in [-0.05, 0) is 42.8 Å². The largest absolute Gasteiger partial charge is 0.490 e. The lowest BCUT2D eigenvalue weighted by atomic mass is 9.72. The highest BCUT2D eigenvalue weighted by molar-refractivity contribution is 7.92. The summed E-state index contributed by atoms with van der Waals surface area (Å²) in [5.41, 5.74) is -0.0722. The average molecular weight is 403 g/mol. The molecule has 0 spiro atoms. The van der Waals surface area contributed by atoms with Crippen molar-refractivity contribution in [2.75, 3.05) is 6.61 Å². The number of fused-ring (bicyclic) bond motifs is 3. The lowest BCUT2D eigenvalue weighted by molar-refractivity contribution is -0.123. The molecule has 1 aliphatic carbocycles. The molecule has 2 aromatic carbocycles. The number of hydrogen-bond donors (Lipinski definition) is 0. The first-order valence-electron chi connectivity index (χ1n) is 8.69. The molecule has 1 fully saturated rings. The van der Waals surface area contributed by atoms with Crippen LogP contribution in [-0.4, -0.2) is 20.8 Å². The fraction of sp³-hybridized carbons (Fsp3) is 0.300. The van der Waals surface area contributed by atoms with Crippen LogP contribution >= 0.6 is 0 Å². The van der Waals surface area contributed by atoms with E-state index >= 15 is 0 Å². The normalized spacial score (nSPS) is 23.9.